The third kappa shape index (κ3) is 5.15. The molecule has 1 saturated heterocycles. The zero-order valence-corrected chi connectivity index (χ0v) is 16.2. The molecule has 2 fully saturated rings. The molecule has 1 aliphatic heterocycles. The summed E-state index contributed by atoms with van der Waals surface area (Å²) >= 11 is 0. The third-order valence-corrected chi connectivity index (χ3v) is 5.34. The topological polar surface area (TPSA) is 65.1 Å². The van der Waals surface area contributed by atoms with Gasteiger partial charge in [0.25, 0.3) is 0 Å². The third-order valence-electron chi connectivity index (χ3n) is 5.34. The lowest BCUT2D eigenvalue weighted by Crippen LogP contribution is -2.48. The molecule has 1 aromatic carbocycles. The first kappa shape index (κ1) is 19.5. The molecule has 1 amide bonds. The van der Waals surface area contributed by atoms with Crippen LogP contribution in [0.2, 0.25) is 0 Å². The summed E-state index contributed by atoms with van der Waals surface area (Å²) in [5, 5.41) is 0. The molecule has 1 aliphatic carbocycles. The number of ether oxygens (including phenoxy) is 3. The Hall–Kier alpha value is -2.24. The summed E-state index contributed by atoms with van der Waals surface area (Å²) in [6.45, 7) is 0.955. The molecule has 0 aromatic heterocycles. The standard InChI is InChI=1S/C21H29NO5/c1-25-18-9-8-16(13-19(18)26-2)10-12-27-21(24)17-5-3-4-11-22(17)20(23)14-15-6-7-15/h8-9,13,15,17H,3-7,10-12,14H2,1-2H3. The fraction of sp³-hybridized carbons (Fsp3) is 0.619. The first-order valence-corrected chi connectivity index (χ1v) is 9.79. The van der Waals surface area contributed by atoms with Gasteiger partial charge in [0.1, 0.15) is 6.04 Å². The number of carbonyl (C=O) groups is 2. The molecule has 1 aromatic rings. The number of methoxy groups -OCH3 is 2. The van der Waals surface area contributed by atoms with E-state index in [0.29, 0.717) is 43.2 Å². The zero-order chi connectivity index (χ0) is 19.2. The minimum Gasteiger partial charge on any atom is -0.493 e. The predicted molar refractivity (Wildman–Crippen MR) is 101 cm³/mol. The normalized spacial score (nSPS) is 19.5. The summed E-state index contributed by atoms with van der Waals surface area (Å²) in [5.74, 6) is 1.69. The van der Waals surface area contributed by atoms with Crippen LogP contribution < -0.4 is 9.47 Å². The number of nitrogens with zero attached hydrogens (tertiary/aromatic N) is 1. The van der Waals surface area contributed by atoms with Crippen molar-refractivity contribution in [2.45, 2.75) is 51.0 Å². The number of piperidine rings is 1. The number of benzene rings is 1. The van der Waals surface area contributed by atoms with E-state index in [1.807, 2.05) is 18.2 Å². The van der Waals surface area contributed by atoms with Crippen LogP contribution in [0.5, 0.6) is 11.5 Å². The zero-order valence-electron chi connectivity index (χ0n) is 16.2. The molecule has 0 bridgehead atoms. The van der Waals surface area contributed by atoms with Crippen molar-refractivity contribution in [2.75, 3.05) is 27.4 Å². The molecule has 3 rings (SSSR count). The second-order valence-corrected chi connectivity index (χ2v) is 7.35. The summed E-state index contributed by atoms with van der Waals surface area (Å²) in [4.78, 5) is 26.8. The van der Waals surface area contributed by atoms with Crippen LogP contribution in [0.3, 0.4) is 0 Å². The fourth-order valence-electron chi connectivity index (χ4n) is 3.56. The van der Waals surface area contributed by atoms with E-state index >= 15 is 0 Å². The monoisotopic (exact) mass is 375 g/mol. The molecule has 1 atom stereocenters. The smallest absolute Gasteiger partial charge is 0.328 e. The van der Waals surface area contributed by atoms with Crippen LogP contribution in [0.4, 0.5) is 0 Å². The molecular weight excluding hydrogens is 346 g/mol. The average molecular weight is 375 g/mol. The summed E-state index contributed by atoms with van der Waals surface area (Å²) in [6.07, 6.45) is 6.07. The molecule has 2 aliphatic rings. The number of hydrogen-bond donors (Lipinski definition) is 0. The largest absolute Gasteiger partial charge is 0.493 e. The number of amides is 1. The van der Waals surface area contributed by atoms with Crippen molar-refractivity contribution in [1.29, 1.82) is 0 Å². The number of esters is 1. The Kier molecular flexibility index (Phi) is 6.58. The van der Waals surface area contributed by atoms with Gasteiger partial charge >= 0.3 is 5.97 Å². The lowest BCUT2D eigenvalue weighted by molar-refractivity contribution is -0.157. The van der Waals surface area contributed by atoms with Gasteiger partial charge in [-0.1, -0.05) is 6.07 Å². The highest BCUT2D eigenvalue weighted by molar-refractivity contribution is 5.85. The molecule has 27 heavy (non-hydrogen) atoms. The molecular formula is C21H29NO5. The van der Waals surface area contributed by atoms with Crippen molar-refractivity contribution in [3.63, 3.8) is 0 Å². The van der Waals surface area contributed by atoms with Crippen LogP contribution in [0.15, 0.2) is 18.2 Å². The molecule has 0 spiro atoms. The Labute approximate surface area is 160 Å². The van der Waals surface area contributed by atoms with Gasteiger partial charge in [-0.3, -0.25) is 4.79 Å². The van der Waals surface area contributed by atoms with E-state index in [4.69, 9.17) is 14.2 Å². The van der Waals surface area contributed by atoms with Crippen molar-refractivity contribution in [1.82, 2.24) is 4.90 Å². The van der Waals surface area contributed by atoms with Crippen LogP contribution in [0.25, 0.3) is 0 Å². The summed E-state index contributed by atoms with van der Waals surface area (Å²) in [7, 11) is 3.19. The number of rotatable bonds is 8. The average Bonchev–Trinajstić information content (AvgIpc) is 3.51. The Morgan fingerprint density at radius 3 is 2.56 bits per heavy atom. The van der Waals surface area contributed by atoms with E-state index in [9.17, 15) is 9.59 Å². The SMILES string of the molecule is COc1ccc(CCOC(=O)C2CCCCN2C(=O)CC2CC2)cc1OC. The van der Waals surface area contributed by atoms with Gasteiger partial charge in [0.2, 0.25) is 5.91 Å². The number of carbonyl (C=O) groups excluding carboxylic acids is 2. The van der Waals surface area contributed by atoms with Crippen LogP contribution in [0, 0.1) is 5.92 Å². The lowest BCUT2D eigenvalue weighted by Gasteiger charge is -2.34. The molecule has 1 unspecified atom stereocenters. The highest BCUT2D eigenvalue weighted by Gasteiger charge is 2.35. The van der Waals surface area contributed by atoms with Crippen LogP contribution in [-0.4, -0.2) is 50.2 Å². The maximum atomic E-state index is 12.6. The van der Waals surface area contributed by atoms with Gasteiger partial charge in [-0.25, -0.2) is 4.79 Å². The van der Waals surface area contributed by atoms with Crippen LogP contribution in [0.1, 0.15) is 44.1 Å². The highest BCUT2D eigenvalue weighted by atomic mass is 16.5. The van der Waals surface area contributed by atoms with Crippen LogP contribution >= 0.6 is 0 Å². The molecule has 148 valence electrons. The summed E-state index contributed by atoms with van der Waals surface area (Å²) in [6, 6.07) is 5.24. The lowest BCUT2D eigenvalue weighted by atomic mass is 10.0. The number of likely N-dealkylation sites (tertiary alicyclic amines) is 1. The van der Waals surface area contributed by atoms with Crippen molar-refractivity contribution < 1.29 is 23.8 Å². The van der Waals surface area contributed by atoms with E-state index in [1.54, 1.807) is 19.1 Å². The van der Waals surface area contributed by atoms with E-state index in [1.165, 1.54) is 0 Å². The van der Waals surface area contributed by atoms with Crippen molar-refractivity contribution >= 4 is 11.9 Å². The molecule has 0 radical (unpaired) electrons. The van der Waals surface area contributed by atoms with E-state index in [2.05, 4.69) is 0 Å². The Balaban J connectivity index is 1.52. The Morgan fingerprint density at radius 1 is 1.07 bits per heavy atom. The van der Waals surface area contributed by atoms with Gasteiger partial charge in [-0.2, -0.15) is 0 Å². The van der Waals surface area contributed by atoms with Crippen molar-refractivity contribution in [2.24, 2.45) is 5.92 Å². The molecule has 1 heterocycles. The summed E-state index contributed by atoms with van der Waals surface area (Å²) < 4.78 is 16.0. The van der Waals surface area contributed by atoms with Crippen molar-refractivity contribution in [3.8, 4) is 11.5 Å². The van der Waals surface area contributed by atoms with E-state index in [-0.39, 0.29) is 18.5 Å². The van der Waals surface area contributed by atoms with Gasteiger partial charge < -0.3 is 19.1 Å². The van der Waals surface area contributed by atoms with Gasteiger partial charge in [0, 0.05) is 19.4 Å². The second-order valence-electron chi connectivity index (χ2n) is 7.35. The minimum atomic E-state index is -0.421. The van der Waals surface area contributed by atoms with Gasteiger partial charge in [-0.05, 0) is 55.7 Å². The van der Waals surface area contributed by atoms with Gasteiger partial charge in [-0.15, -0.1) is 0 Å². The van der Waals surface area contributed by atoms with Crippen molar-refractivity contribution in [3.05, 3.63) is 23.8 Å². The van der Waals surface area contributed by atoms with Gasteiger partial charge in [0.15, 0.2) is 11.5 Å². The highest BCUT2D eigenvalue weighted by Crippen LogP contribution is 2.34. The molecule has 6 nitrogen and oxygen atoms in total. The van der Waals surface area contributed by atoms with Crippen LogP contribution in [-0.2, 0) is 20.7 Å². The summed E-state index contributed by atoms with van der Waals surface area (Å²) in [5.41, 5.74) is 1.01. The van der Waals surface area contributed by atoms with Gasteiger partial charge in [0.05, 0.1) is 20.8 Å². The van der Waals surface area contributed by atoms with E-state index in [0.717, 1.165) is 31.2 Å². The Morgan fingerprint density at radius 2 is 1.85 bits per heavy atom. The minimum absolute atomic E-state index is 0.110. The number of hydrogen-bond acceptors (Lipinski definition) is 5. The first-order valence-electron chi connectivity index (χ1n) is 9.79. The predicted octanol–water partition coefficient (Wildman–Crippen LogP) is 2.97. The maximum Gasteiger partial charge on any atom is 0.328 e. The molecule has 6 heteroatoms. The van der Waals surface area contributed by atoms with E-state index < -0.39 is 6.04 Å². The second kappa shape index (κ2) is 9.11. The maximum absolute atomic E-state index is 12.6. The molecule has 0 N–H and O–H groups in total. The quantitative estimate of drug-likeness (QED) is 0.654. The fourth-order valence-corrected chi connectivity index (χ4v) is 3.56. The molecule has 1 saturated carbocycles. The first-order chi connectivity index (χ1) is 13.1. The Bertz CT molecular complexity index is 671.